The van der Waals surface area contributed by atoms with Crippen LogP contribution in [0.1, 0.15) is 6.92 Å². The predicted molar refractivity (Wildman–Crippen MR) is 80.7 cm³/mol. The van der Waals surface area contributed by atoms with E-state index in [-0.39, 0.29) is 30.6 Å². The lowest BCUT2D eigenvalue weighted by molar-refractivity contribution is -0.274. The van der Waals surface area contributed by atoms with Crippen molar-refractivity contribution in [1.82, 2.24) is 10.3 Å². The molecule has 10 heteroatoms. The number of likely N-dealkylation sites (N-methyl/N-ethyl adjacent to an activating group) is 1. The molecule has 0 aliphatic carbocycles. The van der Waals surface area contributed by atoms with Crippen molar-refractivity contribution in [3.63, 3.8) is 0 Å². The minimum Gasteiger partial charge on any atom is -0.406 e. The van der Waals surface area contributed by atoms with Gasteiger partial charge >= 0.3 is 6.36 Å². The number of carbonyl (C=O) groups is 1. The van der Waals surface area contributed by atoms with Gasteiger partial charge in [-0.05, 0) is 18.7 Å². The Morgan fingerprint density at radius 3 is 2.77 bits per heavy atom. The second-order valence-electron chi connectivity index (χ2n) is 4.02. The van der Waals surface area contributed by atoms with Gasteiger partial charge in [0.2, 0.25) is 5.91 Å². The normalized spacial score (nSPS) is 11.1. The topological polar surface area (TPSA) is 63.2 Å². The Kier molecular flexibility index (Phi) is 6.39. The molecule has 0 radical (unpaired) electrons. The van der Waals surface area contributed by atoms with Crippen LogP contribution in [0, 0.1) is 0 Å². The lowest BCUT2D eigenvalue weighted by atomic mass is 10.3. The number of ether oxygens (including phenoxy) is 1. The third-order valence-electron chi connectivity index (χ3n) is 2.38. The number of hydrogen-bond acceptors (Lipinski definition) is 5. The minimum atomic E-state index is -4.73. The van der Waals surface area contributed by atoms with Crippen LogP contribution in [0.5, 0.6) is 5.75 Å². The fraction of sp³-hybridized carbons (Fsp3) is 0.333. The van der Waals surface area contributed by atoms with Gasteiger partial charge in [-0.2, -0.15) is 0 Å². The summed E-state index contributed by atoms with van der Waals surface area (Å²) in [4.78, 5) is 15.6. The number of benzene rings is 1. The fourth-order valence-corrected chi connectivity index (χ4v) is 2.47. The van der Waals surface area contributed by atoms with Gasteiger partial charge in [0.05, 0.1) is 16.8 Å². The van der Waals surface area contributed by atoms with Gasteiger partial charge in [0.1, 0.15) is 5.75 Å². The van der Waals surface area contributed by atoms with E-state index in [0.29, 0.717) is 21.9 Å². The molecule has 122 valence electrons. The summed E-state index contributed by atoms with van der Waals surface area (Å²) < 4.78 is 40.7. The zero-order valence-electron chi connectivity index (χ0n) is 11.4. The summed E-state index contributed by atoms with van der Waals surface area (Å²) in [5.41, 5.74) is 0.494. The fourth-order valence-electron chi connectivity index (χ4n) is 1.56. The lowest BCUT2D eigenvalue weighted by Crippen LogP contribution is -2.27. The number of thiazole rings is 1. The molecule has 2 rings (SSSR count). The highest BCUT2D eigenvalue weighted by Gasteiger charge is 2.31. The van der Waals surface area contributed by atoms with E-state index in [2.05, 4.69) is 20.4 Å². The number of carbonyl (C=O) groups excluding carboxylic acids is 1. The molecule has 0 fully saturated rings. The number of aromatic nitrogens is 1. The van der Waals surface area contributed by atoms with Crippen molar-refractivity contribution in [1.29, 1.82) is 0 Å². The van der Waals surface area contributed by atoms with Crippen LogP contribution < -0.4 is 15.4 Å². The van der Waals surface area contributed by atoms with Crippen LogP contribution in [-0.2, 0) is 4.79 Å². The molecule has 1 amide bonds. The van der Waals surface area contributed by atoms with Crippen molar-refractivity contribution in [2.75, 3.05) is 18.4 Å². The van der Waals surface area contributed by atoms with E-state index in [1.165, 1.54) is 18.2 Å². The Balaban J connectivity index is 0.00000242. The van der Waals surface area contributed by atoms with Gasteiger partial charge in [-0.15, -0.1) is 25.6 Å². The Morgan fingerprint density at radius 2 is 2.14 bits per heavy atom. The van der Waals surface area contributed by atoms with Crippen LogP contribution in [0.2, 0.25) is 0 Å². The molecule has 0 aliphatic heterocycles. The van der Waals surface area contributed by atoms with Crippen molar-refractivity contribution in [3.05, 3.63) is 18.2 Å². The van der Waals surface area contributed by atoms with Crippen molar-refractivity contribution in [2.45, 2.75) is 13.3 Å². The highest BCUT2D eigenvalue weighted by atomic mass is 35.5. The molecular formula is C12H13ClF3N3O2S. The van der Waals surface area contributed by atoms with Crippen LogP contribution >= 0.6 is 23.7 Å². The lowest BCUT2D eigenvalue weighted by Gasteiger charge is -2.07. The quantitative estimate of drug-likeness (QED) is 0.864. The molecule has 1 aromatic carbocycles. The first kappa shape index (κ1) is 18.5. The second kappa shape index (κ2) is 7.61. The van der Waals surface area contributed by atoms with E-state index in [0.717, 1.165) is 11.3 Å². The molecule has 0 unspecified atom stereocenters. The van der Waals surface area contributed by atoms with Crippen LogP contribution in [0.25, 0.3) is 10.2 Å². The molecule has 0 saturated heterocycles. The standard InChI is InChI=1S/C12H12F3N3O2S.ClH/c1-2-16-6-10(19)18-11-17-8-4-3-7(5-9(8)21-11)20-12(13,14)15;/h3-5,16H,2,6H2,1H3,(H,17,18,19);1H. The van der Waals surface area contributed by atoms with Gasteiger partial charge < -0.3 is 15.4 Å². The number of anilines is 1. The average Bonchev–Trinajstić information content (AvgIpc) is 2.75. The van der Waals surface area contributed by atoms with Crippen LogP contribution in [0.15, 0.2) is 18.2 Å². The number of rotatable bonds is 5. The maximum atomic E-state index is 12.1. The minimum absolute atomic E-state index is 0. The first-order chi connectivity index (χ1) is 9.87. The molecule has 2 N–H and O–H groups in total. The van der Waals surface area contributed by atoms with E-state index >= 15 is 0 Å². The first-order valence-corrected chi connectivity index (χ1v) is 6.86. The third kappa shape index (κ3) is 5.32. The number of alkyl halides is 3. The van der Waals surface area contributed by atoms with E-state index in [9.17, 15) is 18.0 Å². The summed E-state index contributed by atoms with van der Waals surface area (Å²) in [6, 6.07) is 3.83. The molecule has 0 saturated carbocycles. The number of nitrogens with zero attached hydrogens (tertiary/aromatic N) is 1. The van der Waals surface area contributed by atoms with Gasteiger partial charge in [-0.25, -0.2) is 4.98 Å². The van der Waals surface area contributed by atoms with Gasteiger partial charge in [-0.1, -0.05) is 18.3 Å². The summed E-state index contributed by atoms with van der Waals surface area (Å²) in [7, 11) is 0. The molecule has 22 heavy (non-hydrogen) atoms. The maximum absolute atomic E-state index is 12.1. The Labute approximate surface area is 134 Å². The molecule has 0 bridgehead atoms. The highest BCUT2D eigenvalue weighted by Crippen LogP contribution is 2.31. The van der Waals surface area contributed by atoms with Crippen molar-refractivity contribution < 1.29 is 22.7 Å². The SMILES string of the molecule is CCNCC(=O)Nc1nc2ccc(OC(F)(F)F)cc2s1.Cl. The average molecular weight is 356 g/mol. The van der Waals surface area contributed by atoms with Crippen LogP contribution in [0.4, 0.5) is 18.3 Å². The van der Waals surface area contributed by atoms with Crippen molar-refractivity contribution in [2.24, 2.45) is 0 Å². The largest absolute Gasteiger partial charge is 0.573 e. The third-order valence-corrected chi connectivity index (χ3v) is 3.31. The van der Waals surface area contributed by atoms with E-state index in [1.54, 1.807) is 0 Å². The number of amides is 1. The summed E-state index contributed by atoms with van der Waals surface area (Å²) >= 11 is 1.08. The number of nitrogens with one attached hydrogen (secondary N) is 2. The Bertz CT molecular complexity index is 648. The van der Waals surface area contributed by atoms with Crippen LogP contribution in [-0.4, -0.2) is 30.3 Å². The molecule has 0 spiro atoms. The monoisotopic (exact) mass is 355 g/mol. The molecule has 1 aromatic heterocycles. The van der Waals surface area contributed by atoms with E-state index in [4.69, 9.17) is 0 Å². The number of fused-ring (bicyclic) bond motifs is 1. The van der Waals surface area contributed by atoms with Gasteiger partial charge in [0, 0.05) is 6.07 Å². The first-order valence-electron chi connectivity index (χ1n) is 6.04. The van der Waals surface area contributed by atoms with Gasteiger partial charge in [0.15, 0.2) is 5.13 Å². The zero-order valence-corrected chi connectivity index (χ0v) is 13.0. The smallest absolute Gasteiger partial charge is 0.406 e. The Hall–Kier alpha value is -1.58. The predicted octanol–water partition coefficient (Wildman–Crippen LogP) is 3.16. The molecule has 1 heterocycles. The van der Waals surface area contributed by atoms with E-state index in [1.807, 2.05) is 6.92 Å². The van der Waals surface area contributed by atoms with Crippen LogP contribution in [0.3, 0.4) is 0 Å². The summed E-state index contributed by atoms with van der Waals surface area (Å²) in [6.45, 7) is 2.67. The summed E-state index contributed by atoms with van der Waals surface area (Å²) in [5.74, 6) is -0.577. The number of hydrogen-bond donors (Lipinski definition) is 2. The summed E-state index contributed by atoms with van der Waals surface area (Å²) in [5, 5.41) is 5.76. The highest BCUT2D eigenvalue weighted by molar-refractivity contribution is 7.22. The Morgan fingerprint density at radius 1 is 1.41 bits per heavy atom. The molecule has 5 nitrogen and oxygen atoms in total. The summed E-state index contributed by atoms with van der Waals surface area (Å²) in [6.07, 6.45) is -4.73. The van der Waals surface area contributed by atoms with Crippen molar-refractivity contribution in [3.8, 4) is 5.75 Å². The van der Waals surface area contributed by atoms with Gasteiger partial charge in [0.25, 0.3) is 0 Å². The molecule has 0 atom stereocenters. The molecule has 0 aliphatic rings. The molecule has 2 aromatic rings. The maximum Gasteiger partial charge on any atom is 0.573 e. The zero-order chi connectivity index (χ0) is 15.5. The van der Waals surface area contributed by atoms with Crippen molar-refractivity contribution >= 4 is 45.0 Å². The second-order valence-corrected chi connectivity index (χ2v) is 5.06. The van der Waals surface area contributed by atoms with Gasteiger partial charge in [-0.3, -0.25) is 4.79 Å². The van der Waals surface area contributed by atoms with E-state index < -0.39 is 6.36 Å². The molecular weight excluding hydrogens is 343 g/mol. The number of halogens is 4.